The molecule has 0 aliphatic heterocycles. The van der Waals surface area contributed by atoms with Crippen molar-refractivity contribution in [2.45, 2.75) is 6.18 Å². The summed E-state index contributed by atoms with van der Waals surface area (Å²) in [5, 5.41) is 6.57. The van der Waals surface area contributed by atoms with Crippen LogP contribution in [0.2, 0.25) is 0 Å². The minimum absolute atomic E-state index is 0. The first-order chi connectivity index (χ1) is 5.91. The largest absolute Gasteiger partial charge is 0.433 e. The van der Waals surface area contributed by atoms with Gasteiger partial charge in [0.25, 0.3) is 0 Å². The molecule has 1 heterocycles. The van der Waals surface area contributed by atoms with Gasteiger partial charge in [0.15, 0.2) is 0 Å². The highest BCUT2D eigenvalue weighted by molar-refractivity contribution is 6.68. The Labute approximate surface area is 89.0 Å². The van der Waals surface area contributed by atoms with Crippen LogP contribution in [-0.4, -0.2) is 10.2 Å². The van der Waals surface area contributed by atoms with Crippen LogP contribution in [0.15, 0.2) is 18.3 Å². The predicted molar refractivity (Wildman–Crippen MR) is 49.2 cm³/mol. The van der Waals surface area contributed by atoms with Crippen LogP contribution in [-0.2, 0) is 6.18 Å². The zero-order valence-corrected chi connectivity index (χ0v) is 8.17. The number of alkyl halides is 3. The van der Waals surface area contributed by atoms with Crippen molar-refractivity contribution in [1.82, 2.24) is 4.98 Å². The van der Waals surface area contributed by atoms with Gasteiger partial charge in [0.05, 0.1) is 0 Å². The van der Waals surface area contributed by atoms with E-state index in [-0.39, 0.29) is 23.1 Å². The van der Waals surface area contributed by atoms with E-state index in [0.717, 1.165) is 18.3 Å². The molecule has 0 bridgehead atoms. The fourth-order valence-electron chi connectivity index (χ4n) is 0.691. The van der Waals surface area contributed by atoms with Gasteiger partial charge in [-0.2, -0.15) is 13.2 Å². The lowest BCUT2D eigenvalue weighted by Gasteiger charge is -2.04. The van der Waals surface area contributed by atoms with E-state index < -0.39 is 11.9 Å². The average molecular weight is 245 g/mol. The Morgan fingerprint density at radius 1 is 1.36 bits per heavy atom. The summed E-state index contributed by atoms with van der Waals surface area (Å²) < 4.78 is 35.9. The van der Waals surface area contributed by atoms with Crippen molar-refractivity contribution < 1.29 is 13.2 Å². The molecule has 0 radical (unpaired) electrons. The maximum atomic E-state index is 12.0. The van der Waals surface area contributed by atoms with Crippen LogP contribution in [0.5, 0.6) is 0 Å². The first-order valence-electron chi connectivity index (χ1n) is 3.19. The van der Waals surface area contributed by atoms with E-state index in [4.69, 9.17) is 17.0 Å². The molecule has 0 amide bonds. The van der Waals surface area contributed by atoms with Crippen LogP contribution in [0.4, 0.5) is 13.2 Å². The second-order valence-corrected chi connectivity index (χ2v) is 2.62. The molecule has 1 aromatic rings. The molecule has 0 saturated carbocycles. The molecule has 0 aliphatic rings. The molecule has 1 N–H and O–H groups in total. The molecule has 78 valence electrons. The number of aromatic nitrogens is 1. The quantitative estimate of drug-likeness (QED) is 0.758. The molecule has 0 atom stereocenters. The second kappa shape index (κ2) is 4.61. The van der Waals surface area contributed by atoms with E-state index in [2.05, 4.69) is 4.98 Å². The van der Waals surface area contributed by atoms with E-state index in [1.54, 1.807) is 0 Å². The topological polar surface area (TPSA) is 36.7 Å². The highest BCUT2D eigenvalue weighted by atomic mass is 35.5. The lowest BCUT2D eigenvalue weighted by Crippen LogP contribution is -2.08. The maximum absolute atomic E-state index is 12.0. The smallest absolute Gasteiger partial charge is 0.289 e. The number of nitrogens with one attached hydrogen (secondary N) is 1. The van der Waals surface area contributed by atoms with Gasteiger partial charge in [0.2, 0.25) is 0 Å². The molecule has 0 saturated heterocycles. The fourth-order valence-corrected chi connectivity index (χ4v) is 0.803. The Bertz CT molecular complexity index is 321. The third-order valence-corrected chi connectivity index (χ3v) is 1.53. The summed E-state index contributed by atoms with van der Waals surface area (Å²) in [5.41, 5.74) is -0.830. The molecule has 1 rings (SSSR count). The van der Waals surface area contributed by atoms with Gasteiger partial charge < -0.3 is 0 Å². The normalized spacial score (nSPS) is 10.6. The molecular weight excluding hydrogens is 240 g/mol. The molecule has 0 spiro atoms. The number of rotatable bonds is 1. The van der Waals surface area contributed by atoms with E-state index >= 15 is 0 Å². The first-order valence-corrected chi connectivity index (χ1v) is 3.57. The maximum Gasteiger partial charge on any atom is 0.433 e. The average Bonchev–Trinajstić information content (AvgIpc) is 2.03. The monoisotopic (exact) mass is 244 g/mol. The van der Waals surface area contributed by atoms with Crippen molar-refractivity contribution in [2.75, 3.05) is 0 Å². The second-order valence-electron chi connectivity index (χ2n) is 2.24. The van der Waals surface area contributed by atoms with Crippen molar-refractivity contribution in [3.05, 3.63) is 29.6 Å². The zero-order chi connectivity index (χ0) is 10.1. The summed E-state index contributed by atoms with van der Waals surface area (Å²) in [6.45, 7) is 0. The number of hydrogen-bond donors (Lipinski definition) is 1. The number of halogens is 5. The van der Waals surface area contributed by atoms with Crippen LogP contribution < -0.4 is 0 Å². The molecule has 7 heteroatoms. The summed E-state index contributed by atoms with van der Waals surface area (Å²) in [5.74, 6) is 0. The van der Waals surface area contributed by atoms with Crippen LogP contribution in [0, 0.1) is 5.41 Å². The predicted octanol–water partition coefficient (Wildman–Crippen LogP) is 3.09. The van der Waals surface area contributed by atoms with Crippen LogP contribution >= 0.6 is 24.0 Å². The molecule has 2 nitrogen and oxygen atoms in total. The van der Waals surface area contributed by atoms with Gasteiger partial charge in [-0.1, -0.05) is 11.6 Å². The minimum Gasteiger partial charge on any atom is -0.289 e. The highest BCUT2D eigenvalue weighted by Gasteiger charge is 2.32. The Morgan fingerprint density at radius 2 is 1.93 bits per heavy atom. The highest BCUT2D eigenvalue weighted by Crippen LogP contribution is 2.27. The fraction of sp³-hybridized carbons (Fsp3) is 0.143. The summed E-state index contributed by atoms with van der Waals surface area (Å²) in [7, 11) is 0. The molecule has 0 unspecified atom stereocenters. The third-order valence-electron chi connectivity index (χ3n) is 1.31. The van der Waals surface area contributed by atoms with Gasteiger partial charge in [-0.3, -0.25) is 10.4 Å². The summed E-state index contributed by atoms with van der Waals surface area (Å²) in [6, 6.07) is 1.89. The summed E-state index contributed by atoms with van der Waals surface area (Å²) >= 11 is 5.23. The van der Waals surface area contributed by atoms with Gasteiger partial charge in [-0.25, -0.2) is 0 Å². The molecule has 1 aromatic heterocycles. The van der Waals surface area contributed by atoms with Gasteiger partial charge in [0, 0.05) is 11.8 Å². The van der Waals surface area contributed by atoms with Gasteiger partial charge in [-0.05, 0) is 12.1 Å². The van der Waals surface area contributed by atoms with Crippen molar-refractivity contribution >= 4 is 29.2 Å². The van der Waals surface area contributed by atoms with Crippen molar-refractivity contribution in [3.8, 4) is 0 Å². The van der Waals surface area contributed by atoms with E-state index in [0.29, 0.717) is 0 Å². The van der Waals surface area contributed by atoms with Gasteiger partial charge >= 0.3 is 6.18 Å². The number of nitrogens with zero attached hydrogens (tertiary/aromatic N) is 1. The van der Waals surface area contributed by atoms with Crippen LogP contribution in [0.1, 0.15) is 11.3 Å². The lowest BCUT2D eigenvalue weighted by atomic mass is 10.2. The van der Waals surface area contributed by atoms with E-state index in [1.165, 1.54) is 0 Å². The van der Waals surface area contributed by atoms with Crippen molar-refractivity contribution in [3.63, 3.8) is 0 Å². The summed E-state index contributed by atoms with van der Waals surface area (Å²) in [6.07, 6.45) is -3.54. The molecule has 0 fully saturated rings. The van der Waals surface area contributed by atoms with Crippen molar-refractivity contribution in [2.24, 2.45) is 0 Å². The van der Waals surface area contributed by atoms with Gasteiger partial charge in [0.1, 0.15) is 10.9 Å². The Hall–Kier alpha value is -0.810. The standard InChI is InChI=1S/C7H4ClF3N2.ClH/c8-6(12)4-1-2-5(13-3-4)7(9,10)11;/h1-3,12H;1H. The summed E-state index contributed by atoms with van der Waals surface area (Å²) in [4.78, 5) is 3.12. The SMILES string of the molecule is Cl.N=C(Cl)c1ccc(C(F)(F)F)nc1. The van der Waals surface area contributed by atoms with Gasteiger partial charge in [-0.15, -0.1) is 12.4 Å². The zero-order valence-electron chi connectivity index (χ0n) is 6.60. The molecular formula is C7H5Cl2F3N2. The van der Waals surface area contributed by atoms with E-state index in [1.807, 2.05) is 0 Å². The molecule has 0 aliphatic carbocycles. The van der Waals surface area contributed by atoms with Crippen LogP contribution in [0.25, 0.3) is 0 Å². The number of hydrogen-bond acceptors (Lipinski definition) is 2. The molecule has 14 heavy (non-hydrogen) atoms. The first kappa shape index (κ1) is 13.2. The lowest BCUT2D eigenvalue weighted by molar-refractivity contribution is -0.141. The third kappa shape index (κ3) is 3.16. The van der Waals surface area contributed by atoms with Crippen molar-refractivity contribution in [1.29, 1.82) is 5.41 Å². The Kier molecular flexibility index (Phi) is 4.35. The Balaban J connectivity index is 0.00000169. The van der Waals surface area contributed by atoms with Crippen LogP contribution in [0.3, 0.4) is 0 Å². The minimum atomic E-state index is -4.45. The van der Waals surface area contributed by atoms with E-state index in [9.17, 15) is 13.2 Å². The Morgan fingerprint density at radius 3 is 2.21 bits per heavy atom. The number of pyridine rings is 1. The molecule has 0 aromatic carbocycles.